The molecule has 0 saturated carbocycles. The summed E-state index contributed by atoms with van der Waals surface area (Å²) in [5.41, 5.74) is 2.70. The molecule has 1 atom stereocenters. The summed E-state index contributed by atoms with van der Waals surface area (Å²) in [5, 5.41) is 9.94. The Morgan fingerprint density at radius 3 is 2.39 bits per heavy atom. The Kier molecular flexibility index (Phi) is 6.36. The third kappa shape index (κ3) is 4.72. The van der Waals surface area contributed by atoms with Crippen LogP contribution in [0.5, 0.6) is 0 Å². The number of aromatic nitrogens is 3. The van der Waals surface area contributed by atoms with Crippen LogP contribution in [-0.2, 0) is 4.79 Å². The first kappa shape index (κ1) is 19.9. The number of carbonyl (C=O) groups excluding carboxylic acids is 1. The Labute approximate surface area is 168 Å². The lowest BCUT2D eigenvalue weighted by atomic mass is 10.0. The predicted molar refractivity (Wildman–Crippen MR) is 113 cm³/mol. The van der Waals surface area contributed by atoms with E-state index in [0.29, 0.717) is 11.1 Å². The van der Waals surface area contributed by atoms with Gasteiger partial charge < -0.3 is 5.32 Å². The van der Waals surface area contributed by atoms with E-state index in [0.717, 1.165) is 11.3 Å². The molecule has 0 fully saturated rings. The molecule has 0 aliphatic heterocycles. The van der Waals surface area contributed by atoms with E-state index < -0.39 is 0 Å². The van der Waals surface area contributed by atoms with E-state index in [1.807, 2.05) is 61.5 Å². The first-order valence-corrected chi connectivity index (χ1v) is 10.2. The Morgan fingerprint density at radius 1 is 1.07 bits per heavy atom. The van der Waals surface area contributed by atoms with Crippen LogP contribution in [0, 0.1) is 0 Å². The lowest BCUT2D eigenvalue weighted by Gasteiger charge is -2.14. The summed E-state index contributed by atoms with van der Waals surface area (Å²) in [6.45, 7) is 6.20. The molecule has 0 spiro atoms. The number of hydrogen-bond acceptors (Lipinski definition) is 4. The summed E-state index contributed by atoms with van der Waals surface area (Å²) in [7, 11) is 0. The Hall–Kier alpha value is -2.80. The van der Waals surface area contributed by atoms with E-state index in [2.05, 4.69) is 29.4 Å². The molecule has 0 aliphatic rings. The van der Waals surface area contributed by atoms with Gasteiger partial charge in [-0.3, -0.25) is 9.36 Å². The van der Waals surface area contributed by atoms with Crippen molar-refractivity contribution in [3.8, 4) is 0 Å². The quantitative estimate of drug-likeness (QED) is 0.591. The fraction of sp³-hybridized carbons (Fsp3) is 0.286. The number of nitrogens with zero attached hydrogens (tertiary/aromatic N) is 2. The number of amides is 1. The molecular formula is C21H24N4O2S. The normalized spacial score (nSPS) is 12.1. The van der Waals surface area contributed by atoms with Crippen LogP contribution in [0.25, 0.3) is 0 Å². The molecule has 28 heavy (non-hydrogen) atoms. The number of hydrogen-bond donors (Lipinski definition) is 2. The van der Waals surface area contributed by atoms with Crippen molar-refractivity contribution in [2.45, 2.75) is 37.9 Å². The van der Waals surface area contributed by atoms with E-state index in [-0.39, 0.29) is 23.4 Å². The van der Waals surface area contributed by atoms with Gasteiger partial charge in [-0.2, -0.15) is 0 Å². The fourth-order valence-electron chi connectivity index (χ4n) is 2.89. The van der Waals surface area contributed by atoms with Crippen LogP contribution in [0.2, 0.25) is 0 Å². The minimum absolute atomic E-state index is 0.142. The molecule has 0 saturated heterocycles. The molecule has 0 unspecified atom stereocenters. The smallest absolute Gasteiger partial charge is 0.325 e. The average molecular weight is 397 g/mol. The first-order chi connectivity index (χ1) is 13.5. The second-order valence-electron chi connectivity index (χ2n) is 6.88. The van der Waals surface area contributed by atoms with Crippen LogP contribution < -0.4 is 11.0 Å². The molecular weight excluding hydrogens is 372 g/mol. The molecule has 1 heterocycles. The van der Waals surface area contributed by atoms with Crippen molar-refractivity contribution in [1.29, 1.82) is 0 Å². The molecule has 146 valence electrons. The molecule has 0 bridgehead atoms. The number of H-pyrrole nitrogens is 1. The van der Waals surface area contributed by atoms with Gasteiger partial charge in [-0.25, -0.2) is 9.89 Å². The summed E-state index contributed by atoms with van der Waals surface area (Å²) >= 11 is 1.23. The molecule has 0 radical (unpaired) electrons. The SMILES string of the molecule is CC(C)c1ccc(NC(=O)CSc2n[nH]c(=O)n2[C@@H](C)c2ccccc2)cc1. The van der Waals surface area contributed by atoms with Crippen molar-refractivity contribution >= 4 is 23.4 Å². The van der Waals surface area contributed by atoms with Crippen LogP contribution in [0.4, 0.5) is 5.69 Å². The van der Waals surface area contributed by atoms with Crippen molar-refractivity contribution in [2.24, 2.45) is 0 Å². The zero-order valence-corrected chi connectivity index (χ0v) is 17.0. The highest BCUT2D eigenvalue weighted by molar-refractivity contribution is 7.99. The van der Waals surface area contributed by atoms with Crippen LogP contribution >= 0.6 is 11.8 Å². The number of benzene rings is 2. The second-order valence-corrected chi connectivity index (χ2v) is 7.82. The van der Waals surface area contributed by atoms with Gasteiger partial charge in [0.25, 0.3) is 0 Å². The maximum absolute atomic E-state index is 12.3. The summed E-state index contributed by atoms with van der Waals surface area (Å²) in [6, 6.07) is 17.4. The van der Waals surface area contributed by atoms with E-state index in [1.165, 1.54) is 17.3 Å². The largest absolute Gasteiger partial charge is 0.344 e. The molecule has 2 N–H and O–H groups in total. The Balaban J connectivity index is 1.65. The average Bonchev–Trinajstić information content (AvgIpc) is 3.07. The number of rotatable bonds is 7. The fourth-order valence-corrected chi connectivity index (χ4v) is 3.72. The minimum atomic E-state index is -0.288. The highest BCUT2D eigenvalue weighted by atomic mass is 32.2. The van der Waals surface area contributed by atoms with Gasteiger partial charge >= 0.3 is 5.69 Å². The molecule has 3 aromatic rings. The van der Waals surface area contributed by atoms with Crippen LogP contribution in [0.15, 0.2) is 64.5 Å². The van der Waals surface area contributed by atoms with Crippen molar-refractivity contribution < 1.29 is 4.79 Å². The first-order valence-electron chi connectivity index (χ1n) is 9.20. The summed E-state index contributed by atoms with van der Waals surface area (Å²) in [5.74, 6) is 0.470. The molecule has 7 heteroatoms. The van der Waals surface area contributed by atoms with Gasteiger partial charge in [0.05, 0.1) is 11.8 Å². The lowest BCUT2D eigenvalue weighted by molar-refractivity contribution is -0.113. The molecule has 6 nitrogen and oxygen atoms in total. The van der Waals surface area contributed by atoms with Crippen LogP contribution in [-0.4, -0.2) is 26.4 Å². The third-order valence-electron chi connectivity index (χ3n) is 4.53. The predicted octanol–water partition coefficient (Wildman–Crippen LogP) is 4.03. The minimum Gasteiger partial charge on any atom is -0.325 e. The molecule has 0 aliphatic carbocycles. The van der Waals surface area contributed by atoms with Crippen molar-refractivity contribution in [3.63, 3.8) is 0 Å². The maximum Gasteiger partial charge on any atom is 0.344 e. The number of aromatic amines is 1. The van der Waals surface area contributed by atoms with E-state index in [9.17, 15) is 9.59 Å². The molecule has 2 aromatic carbocycles. The highest BCUT2D eigenvalue weighted by Crippen LogP contribution is 2.23. The van der Waals surface area contributed by atoms with Crippen molar-refractivity contribution in [1.82, 2.24) is 14.8 Å². The summed E-state index contributed by atoms with van der Waals surface area (Å²) in [6.07, 6.45) is 0. The third-order valence-corrected chi connectivity index (χ3v) is 5.49. The van der Waals surface area contributed by atoms with Crippen molar-refractivity contribution in [2.75, 3.05) is 11.1 Å². The molecule has 1 aromatic heterocycles. The number of carbonyl (C=O) groups is 1. The maximum atomic E-state index is 12.3. The van der Waals surface area contributed by atoms with Crippen molar-refractivity contribution in [3.05, 3.63) is 76.2 Å². The lowest BCUT2D eigenvalue weighted by Crippen LogP contribution is -2.22. The Bertz CT molecular complexity index is 978. The monoisotopic (exact) mass is 396 g/mol. The zero-order chi connectivity index (χ0) is 20.1. The summed E-state index contributed by atoms with van der Waals surface area (Å²) < 4.78 is 1.57. The van der Waals surface area contributed by atoms with Gasteiger partial charge in [-0.15, -0.1) is 5.10 Å². The standard InChI is InChI=1S/C21H24N4O2S/c1-14(2)16-9-11-18(12-10-16)22-19(26)13-28-21-24-23-20(27)25(21)15(3)17-7-5-4-6-8-17/h4-12,14-15H,13H2,1-3H3,(H,22,26)(H,23,27)/t15-/m0/s1. The molecule has 1 amide bonds. The second kappa shape index (κ2) is 8.93. The van der Waals surface area contributed by atoms with Gasteiger partial charge in [0, 0.05) is 5.69 Å². The number of nitrogens with one attached hydrogen (secondary N) is 2. The van der Waals surface area contributed by atoms with Gasteiger partial charge in [0.15, 0.2) is 5.16 Å². The van der Waals surface area contributed by atoms with E-state index in [1.54, 1.807) is 4.57 Å². The van der Waals surface area contributed by atoms with Crippen LogP contribution in [0.3, 0.4) is 0 Å². The number of thioether (sulfide) groups is 1. The van der Waals surface area contributed by atoms with Gasteiger partial charge in [-0.05, 0) is 36.1 Å². The van der Waals surface area contributed by atoms with E-state index >= 15 is 0 Å². The summed E-state index contributed by atoms with van der Waals surface area (Å²) in [4.78, 5) is 24.5. The van der Waals surface area contributed by atoms with Crippen LogP contribution in [0.1, 0.15) is 43.9 Å². The zero-order valence-electron chi connectivity index (χ0n) is 16.2. The van der Waals surface area contributed by atoms with Gasteiger partial charge in [0.2, 0.25) is 5.91 Å². The topological polar surface area (TPSA) is 79.8 Å². The van der Waals surface area contributed by atoms with E-state index in [4.69, 9.17) is 0 Å². The Morgan fingerprint density at radius 2 is 1.75 bits per heavy atom. The molecule has 3 rings (SSSR count). The van der Waals surface area contributed by atoms with Gasteiger partial charge in [-0.1, -0.05) is 68.1 Å². The number of anilines is 1. The highest BCUT2D eigenvalue weighted by Gasteiger charge is 2.17. The van der Waals surface area contributed by atoms with Gasteiger partial charge in [0.1, 0.15) is 0 Å².